The van der Waals surface area contributed by atoms with Crippen LogP contribution in [0.5, 0.6) is 0 Å². The summed E-state index contributed by atoms with van der Waals surface area (Å²) in [5.41, 5.74) is 0.463. The summed E-state index contributed by atoms with van der Waals surface area (Å²) in [6, 6.07) is 7.62. The molecule has 4 amide bonds. The summed E-state index contributed by atoms with van der Waals surface area (Å²) in [6.45, 7) is -0.471. The number of fused-ring (bicyclic) bond motifs is 1. The van der Waals surface area contributed by atoms with Crippen molar-refractivity contribution in [1.82, 2.24) is 14.5 Å². The van der Waals surface area contributed by atoms with Gasteiger partial charge in [0.15, 0.2) is 0 Å². The molecule has 0 spiro atoms. The normalized spacial score (nSPS) is 22.1. The van der Waals surface area contributed by atoms with Gasteiger partial charge in [-0.25, -0.2) is 0 Å². The largest absolute Gasteiger partial charge is 0.387 e. The van der Waals surface area contributed by atoms with E-state index >= 15 is 0 Å². The number of piperidine rings is 1. The van der Waals surface area contributed by atoms with Gasteiger partial charge in [0.25, 0.3) is 11.8 Å². The van der Waals surface area contributed by atoms with Crippen LogP contribution in [0.1, 0.15) is 27.0 Å². The lowest BCUT2D eigenvalue weighted by Gasteiger charge is -2.42. The summed E-state index contributed by atoms with van der Waals surface area (Å²) in [4.78, 5) is 51.8. The average Bonchev–Trinajstić information content (AvgIpc) is 3.16. The van der Waals surface area contributed by atoms with Crippen molar-refractivity contribution >= 4 is 66.9 Å². The Morgan fingerprint density at radius 1 is 1.08 bits per heavy atom. The Hall–Kier alpha value is -3.07. The highest BCUT2D eigenvalue weighted by Gasteiger charge is 2.47. The van der Waals surface area contributed by atoms with Gasteiger partial charge in [-0.3, -0.25) is 19.2 Å². The molecule has 2 aromatic rings. The topological polar surface area (TPSA) is 78.0 Å². The predicted octanol–water partition coefficient (Wildman–Crippen LogP) is 1.23. The summed E-state index contributed by atoms with van der Waals surface area (Å²) >= 11 is 5.72. The molecule has 0 saturated carbocycles. The summed E-state index contributed by atoms with van der Waals surface area (Å²) in [5, 5.41) is 0.233. The number of benzene rings is 2. The number of carbonyl (C=O) groups excluding carboxylic acids is 4. The second kappa shape index (κ2) is 9.42. The minimum absolute atomic E-state index is 0.0830. The van der Waals surface area contributed by atoms with Crippen LogP contribution < -0.4 is 0 Å². The van der Waals surface area contributed by atoms with E-state index in [0.717, 1.165) is 17.0 Å². The molecule has 4 rings (SSSR count). The Balaban J connectivity index is 1.51. The van der Waals surface area contributed by atoms with Crippen molar-refractivity contribution in [2.24, 2.45) is 0 Å². The Morgan fingerprint density at radius 3 is 2.36 bits per heavy atom. The molecule has 1 fully saturated rings. The molecule has 3 atom stereocenters. The maximum absolute atomic E-state index is 14.7. The number of carbonyl (C=O) groups is 4. The van der Waals surface area contributed by atoms with Crippen LogP contribution in [-0.2, 0) is 33.4 Å². The second-order valence-electron chi connectivity index (χ2n) is 8.53. The average molecular weight is 501 g/mol. The molecule has 14 heteroatoms. The lowest BCUT2D eigenvalue weighted by molar-refractivity contribution is -0.154. The van der Waals surface area contributed by atoms with E-state index < -0.39 is 52.8 Å². The monoisotopic (exact) mass is 501 g/mol. The van der Waals surface area contributed by atoms with Crippen LogP contribution in [0.3, 0.4) is 0 Å². The predicted molar refractivity (Wildman–Crippen MR) is 128 cm³/mol. The molecule has 2 heterocycles. The highest BCUT2D eigenvalue weighted by molar-refractivity contribution is 6.40. The van der Waals surface area contributed by atoms with Gasteiger partial charge in [-0.2, -0.15) is 8.78 Å². The molecule has 0 bridgehead atoms. The van der Waals surface area contributed by atoms with E-state index in [0.29, 0.717) is 20.7 Å². The van der Waals surface area contributed by atoms with E-state index in [2.05, 4.69) is 0 Å². The number of halogens is 3. The number of alkyl halides is 2. The van der Waals surface area contributed by atoms with Crippen molar-refractivity contribution in [3.05, 3.63) is 69.7 Å². The molecule has 2 aromatic carbocycles. The zero-order chi connectivity index (χ0) is 26.5. The number of rotatable bonds is 5. The van der Waals surface area contributed by atoms with E-state index in [4.69, 9.17) is 43.3 Å². The van der Waals surface area contributed by atoms with Crippen molar-refractivity contribution < 1.29 is 28.0 Å². The van der Waals surface area contributed by atoms with Crippen LogP contribution in [-0.4, -0.2) is 75.8 Å². The van der Waals surface area contributed by atoms with Crippen molar-refractivity contribution in [3.63, 3.8) is 0 Å². The van der Waals surface area contributed by atoms with Gasteiger partial charge >= 0.3 is 5.92 Å². The maximum atomic E-state index is 14.7. The minimum atomic E-state index is -3.90. The van der Waals surface area contributed by atoms with Gasteiger partial charge < -0.3 is 14.5 Å². The van der Waals surface area contributed by atoms with Gasteiger partial charge in [0.05, 0.1) is 15.7 Å². The molecule has 7 nitrogen and oxygen atoms in total. The highest BCUT2D eigenvalue weighted by Crippen LogP contribution is 2.37. The van der Waals surface area contributed by atoms with E-state index in [1.807, 2.05) is 0 Å². The molecule has 2 aliphatic rings. The first-order valence-corrected chi connectivity index (χ1v) is 11.0. The third kappa shape index (κ3) is 4.34. The fourth-order valence-electron chi connectivity index (χ4n) is 4.23. The fraction of sp³-hybridized carbons (Fsp3) is 0.273. The molecule has 1 saturated heterocycles. The van der Waals surface area contributed by atoms with E-state index in [1.54, 1.807) is 0 Å². The minimum Gasteiger partial charge on any atom is -0.387 e. The van der Waals surface area contributed by atoms with Crippen molar-refractivity contribution in [1.29, 1.82) is 0 Å². The van der Waals surface area contributed by atoms with Crippen LogP contribution in [0.25, 0.3) is 0 Å². The van der Waals surface area contributed by atoms with Crippen molar-refractivity contribution in [2.75, 3.05) is 0 Å². The Bertz CT molecular complexity index is 1270. The van der Waals surface area contributed by atoms with Crippen molar-refractivity contribution in [2.45, 2.75) is 36.7 Å². The fourth-order valence-corrected chi connectivity index (χ4v) is 4.36. The number of hydrogen-bond acceptors (Lipinski definition) is 4. The molecule has 8 radical (unpaired) electrons. The van der Waals surface area contributed by atoms with Crippen LogP contribution in [0, 0.1) is 0 Å². The van der Waals surface area contributed by atoms with Gasteiger partial charge in [-0.05, 0) is 41.0 Å². The lowest BCUT2D eigenvalue weighted by Crippen LogP contribution is -2.58. The quantitative estimate of drug-likeness (QED) is 0.457. The SMILES string of the molecule is [B]C1C(=O)N([B])C(=O)C(N2Cc3cc(CN([B])C(=O)C(F)(F)c4ccc(Cl)cc4)ccc3C2=O)C1[B]. The summed E-state index contributed by atoms with van der Waals surface area (Å²) in [5.74, 6) is -10.3. The Labute approximate surface area is 215 Å². The first kappa shape index (κ1) is 26.0. The Kier molecular flexibility index (Phi) is 6.81. The maximum Gasteiger partial charge on any atom is 0.348 e. The Morgan fingerprint density at radius 2 is 1.72 bits per heavy atom. The number of nitrogens with zero attached hydrogens (tertiary/aromatic N) is 3. The standard InChI is InChI=1S/C22H14B4ClF2N3O4/c23-15-16(24)19(34)32(26)20(35)17(15)30-9-11-7-10(1-6-14(11)18(30)33)8-31(25)21(36)22(28,29)12-2-4-13(27)5-3-12/h1-7,15-17H,8-9H2. The zero-order valence-corrected chi connectivity index (χ0v) is 19.4. The zero-order valence-electron chi connectivity index (χ0n) is 18.6. The lowest BCUT2D eigenvalue weighted by atomic mass is 9.59. The molecular formula is C22H14B4ClF2N3O4. The van der Waals surface area contributed by atoms with Crippen LogP contribution in [0.2, 0.25) is 16.7 Å². The molecular weight excluding hydrogens is 487 g/mol. The van der Waals surface area contributed by atoms with Gasteiger partial charge in [-0.1, -0.05) is 35.9 Å². The molecule has 3 unspecified atom stereocenters. The van der Waals surface area contributed by atoms with Crippen LogP contribution >= 0.6 is 11.6 Å². The molecule has 0 N–H and O–H groups in total. The van der Waals surface area contributed by atoms with E-state index in [-0.39, 0.29) is 23.7 Å². The second-order valence-corrected chi connectivity index (χ2v) is 8.97. The van der Waals surface area contributed by atoms with E-state index in [9.17, 15) is 28.0 Å². The summed E-state index contributed by atoms with van der Waals surface area (Å²) in [7, 11) is 22.9. The van der Waals surface area contributed by atoms with Crippen LogP contribution in [0.15, 0.2) is 42.5 Å². The third-order valence-electron chi connectivity index (χ3n) is 6.22. The smallest absolute Gasteiger partial charge is 0.348 e. The van der Waals surface area contributed by atoms with Gasteiger partial charge in [0, 0.05) is 29.2 Å². The molecule has 0 aliphatic carbocycles. The first-order chi connectivity index (χ1) is 16.8. The first-order valence-electron chi connectivity index (χ1n) is 10.6. The molecule has 0 aromatic heterocycles. The molecule has 2 aliphatic heterocycles. The van der Waals surface area contributed by atoms with Crippen molar-refractivity contribution in [3.8, 4) is 0 Å². The number of amides is 4. The third-order valence-corrected chi connectivity index (χ3v) is 6.47. The van der Waals surface area contributed by atoms with E-state index in [1.165, 1.54) is 30.3 Å². The van der Waals surface area contributed by atoms with Gasteiger partial charge in [-0.15, -0.1) is 0 Å². The van der Waals surface area contributed by atoms with Crippen LogP contribution in [0.4, 0.5) is 8.78 Å². The summed E-state index contributed by atoms with van der Waals surface area (Å²) in [6.07, 6.45) is 0. The molecule has 36 heavy (non-hydrogen) atoms. The highest BCUT2D eigenvalue weighted by atomic mass is 35.5. The molecule has 174 valence electrons. The number of hydrogen-bond donors (Lipinski definition) is 0. The number of imide groups is 1. The summed E-state index contributed by atoms with van der Waals surface area (Å²) < 4.78 is 29.3. The van der Waals surface area contributed by atoms with Gasteiger partial charge in [0.2, 0.25) is 27.8 Å². The van der Waals surface area contributed by atoms with Gasteiger partial charge in [0.1, 0.15) is 6.04 Å².